The summed E-state index contributed by atoms with van der Waals surface area (Å²) in [5.41, 5.74) is 7.28. The van der Waals surface area contributed by atoms with Crippen molar-refractivity contribution in [2.75, 3.05) is 13.2 Å². The Morgan fingerprint density at radius 2 is 2.13 bits per heavy atom. The average molecular weight is 207 g/mol. The zero-order valence-electron chi connectivity index (χ0n) is 8.73. The van der Waals surface area contributed by atoms with Gasteiger partial charge < -0.3 is 15.6 Å². The molecule has 3 heteroatoms. The van der Waals surface area contributed by atoms with E-state index >= 15 is 0 Å². The Balaban J connectivity index is 1.92. The number of hydrogen-bond acceptors (Lipinski definition) is 3. The van der Waals surface area contributed by atoms with Gasteiger partial charge in [0, 0.05) is 12.6 Å². The van der Waals surface area contributed by atoms with Crippen molar-refractivity contribution < 1.29 is 9.84 Å². The smallest absolute Gasteiger partial charge is 0.115 e. The molecule has 1 aliphatic rings. The van der Waals surface area contributed by atoms with E-state index in [9.17, 15) is 0 Å². The molecule has 2 atom stereocenters. The standard InChI is InChI=1S/C12H17NO2/c13-12(10-5-6-15-8-10)7-9-1-3-11(14)4-2-9/h1-4,10,12,14H,5-8,13H2. The van der Waals surface area contributed by atoms with Gasteiger partial charge in [-0.1, -0.05) is 12.1 Å². The van der Waals surface area contributed by atoms with Crippen LogP contribution in [0.1, 0.15) is 12.0 Å². The third-order valence-electron chi connectivity index (χ3n) is 2.98. The highest BCUT2D eigenvalue weighted by Gasteiger charge is 2.22. The second-order valence-electron chi connectivity index (χ2n) is 4.16. The molecule has 3 nitrogen and oxygen atoms in total. The summed E-state index contributed by atoms with van der Waals surface area (Å²) in [5, 5.41) is 9.15. The predicted molar refractivity (Wildman–Crippen MR) is 58.7 cm³/mol. The molecule has 1 heterocycles. The van der Waals surface area contributed by atoms with Gasteiger partial charge in [-0.3, -0.25) is 0 Å². The molecule has 1 aromatic carbocycles. The van der Waals surface area contributed by atoms with Crippen LogP contribution in [0.5, 0.6) is 5.75 Å². The van der Waals surface area contributed by atoms with Gasteiger partial charge in [-0.2, -0.15) is 0 Å². The maximum atomic E-state index is 9.15. The summed E-state index contributed by atoms with van der Waals surface area (Å²) in [4.78, 5) is 0. The van der Waals surface area contributed by atoms with Crippen LogP contribution in [0.3, 0.4) is 0 Å². The van der Waals surface area contributed by atoms with E-state index in [1.807, 2.05) is 12.1 Å². The monoisotopic (exact) mass is 207 g/mol. The van der Waals surface area contributed by atoms with Crippen LogP contribution in [0.2, 0.25) is 0 Å². The summed E-state index contributed by atoms with van der Waals surface area (Å²) in [6, 6.07) is 7.41. The van der Waals surface area contributed by atoms with Crippen molar-refractivity contribution in [3.63, 3.8) is 0 Å². The SMILES string of the molecule is NC(Cc1ccc(O)cc1)C1CCOC1. The molecule has 1 aliphatic heterocycles. The van der Waals surface area contributed by atoms with Gasteiger partial charge in [0.1, 0.15) is 5.75 Å². The fourth-order valence-corrected chi connectivity index (χ4v) is 1.96. The van der Waals surface area contributed by atoms with E-state index in [0.717, 1.165) is 26.1 Å². The molecule has 1 saturated heterocycles. The van der Waals surface area contributed by atoms with Crippen LogP contribution in [0.15, 0.2) is 24.3 Å². The summed E-state index contributed by atoms with van der Waals surface area (Å²) in [7, 11) is 0. The van der Waals surface area contributed by atoms with Gasteiger partial charge in [0.2, 0.25) is 0 Å². The van der Waals surface area contributed by atoms with E-state index in [4.69, 9.17) is 15.6 Å². The third kappa shape index (κ3) is 2.70. The molecular formula is C12H17NO2. The van der Waals surface area contributed by atoms with Crippen molar-refractivity contribution in [3.05, 3.63) is 29.8 Å². The van der Waals surface area contributed by atoms with E-state index in [-0.39, 0.29) is 6.04 Å². The van der Waals surface area contributed by atoms with Crippen molar-refractivity contribution >= 4 is 0 Å². The molecule has 0 aliphatic carbocycles. The van der Waals surface area contributed by atoms with Gasteiger partial charge >= 0.3 is 0 Å². The van der Waals surface area contributed by atoms with Crippen LogP contribution in [0.4, 0.5) is 0 Å². The highest BCUT2D eigenvalue weighted by molar-refractivity contribution is 5.26. The first kappa shape index (κ1) is 10.5. The lowest BCUT2D eigenvalue weighted by atomic mass is 9.94. The molecule has 0 saturated carbocycles. The predicted octanol–water partition coefficient (Wildman–Crippen LogP) is 1.30. The maximum Gasteiger partial charge on any atom is 0.115 e. The molecule has 2 unspecified atom stereocenters. The zero-order valence-corrected chi connectivity index (χ0v) is 8.73. The Kier molecular flexibility index (Phi) is 3.23. The number of rotatable bonds is 3. The Hall–Kier alpha value is -1.06. The minimum Gasteiger partial charge on any atom is -0.508 e. The number of hydrogen-bond donors (Lipinski definition) is 2. The van der Waals surface area contributed by atoms with Gasteiger partial charge in [0.05, 0.1) is 6.61 Å². The number of aromatic hydroxyl groups is 1. The zero-order chi connectivity index (χ0) is 10.7. The first-order valence-corrected chi connectivity index (χ1v) is 5.37. The highest BCUT2D eigenvalue weighted by atomic mass is 16.5. The lowest BCUT2D eigenvalue weighted by molar-refractivity contribution is 0.180. The van der Waals surface area contributed by atoms with Crippen molar-refractivity contribution in [2.45, 2.75) is 18.9 Å². The number of nitrogens with two attached hydrogens (primary N) is 1. The van der Waals surface area contributed by atoms with Gasteiger partial charge in [-0.15, -0.1) is 0 Å². The quantitative estimate of drug-likeness (QED) is 0.785. The largest absolute Gasteiger partial charge is 0.508 e. The molecule has 15 heavy (non-hydrogen) atoms. The molecule has 1 fully saturated rings. The van der Waals surface area contributed by atoms with Crippen molar-refractivity contribution in [2.24, 2.45) is 11.7 Å². The fourth-order valence-electron chi connectivity index (χ4n) is 1.96. The number of benzene rings is 1. The van der Waals surface area contributed by atoms with Gasteiger partial charge in [-0.05, 0) is 36.5 Å². The second kappa shape index (κ2) is 4.64. The summed E-state index contributed by atoms with van der Waals surface area (Å²) < 4.78 is 5.32. The average Bonchev–Trinajstić information content (AvgIpc) is 2.74. The van der Waals surface area contributed by atoms with Crippen LogP contribution in [0, 0.1) is 5.92 Å². The molecule has 0 spiro atoms. The lowest BCUT2D eigenvalue weighted by Gasteiger charge is -2.17. The molecule has 0 amide bonds. The number of phenols is 1. The Labute approximate surface area is 89.9 Å². The molecular weight excluding hydrogens is 190 g/mol. The molecule has 0 radical (unpaired) electrons. The summed E-state index contributed by atoms with van der Waals surface area (Å²) in [5.74, 6) is 0.787. The lowest BCUT2D eigenvalue weighted by Crippen LogP contribution is -2.32. The van der Waals surface area contributed by atoms with Crippen molar-refractivity contribution in [3.8, 4) is 5.75 Å². The van der Waals surface area contributed by atoms with Crippen LogP contribution in [-0.2, 0) is 11.2 Å². The van der Waals surface area contributed by atoms with Gasteiger partial charge in [0.25, 0.3) is 0 Å². The second-order valence-corrected chi connectivity index (χ2v) is 4.16. The van der Waals surface area contributed by atoms with E-state index < -0.39 is 0 Å². The molecule has 1 aromatic rings. The molecule has 82 valence electrons. The molecule has 3 N–H and O–H groups in total. The summed E-state index contributed by atoms with van der Waals surface area (Å²) in [6.07, 6.45) is 1.92. The minimum atomic E-state index is 0.164. The van der Waals surface area contributed by atoms with Crippen LogP contribution in [0.25, 0.3) is 0 Å². The number of ether oxygens (including phenoxy) is 1. The van der Waals surface area contributed by atoms with Crippen LogP contribution in [-0.4, -0.2) is 24.4 Å². The topological polar surface area (TPSA) is 55.5 Å². The number of phenolic OH excluding ortho intramolecular Hbond substituents is 1. The van der Waals surface area contributed by atoms with Gasteiger partial charge in [-0.25, -0.2) is 0 Å². The van der Waals surface area contributed by atoms with E-state index in [1.54, 1.807) is 12.1 Å². The van der Waals surface area contributed by atoms with Crippen molar-refractivity contribution in [1.29, 1.82) is 0 Å². The first-order chi connectivity index (χ1) is 7.25. The fraction of sp³-hybridized carbons (Fsp3) is 0.500. The highest BCUT2D eigenvalue weighted by Crippen LogP contribution is 2.19. The summed E-state index contributed by atoms with van der Waals surface area (Å²) in [6.45, 7) is 1.63. The van der Waals surface area contributed by atoms with Crippen molar-refractivity contribution in [1.82, 2.24) is 0 Å². The minimum absolute atomic E-state index is 0.164. The van der Waals surface area contributed by atoms with E-state index in [2.05, 4.69) is 0 Å². The Bertz CT molecular complexity index is 304. The molecule has 0 aromatic heterocycles. The van der Waals surface area contributed by atoms with E-state index in [0.29, 0.717) is 11.7 Å². The maximum absolute atomic E-state index is 9.15. The summed E-state index contributed by atoms with van der Waals surface area (Å²) >= 11 is 0. The molecule has 2 rings (SSSR count). The van der Waals surface area contributed by atoms with Gasteiger partial charge in [0.15, 0.2) is 0 Å². The van der Waals surface area contributed by atoms with Crippen LogP contribution >= 0.6 is 0 Å². The third-order valence-corrected chi connectivity index (χ3v) is 2.98. The normalized spacial score (nSPS) is 22.9. The first-order valence-electron chi connectivity index (χ1n) is 5.37. The van der Waals surface area contributed by atoms with Crippen LogP contribution < -0.4 is 5.73 Å². The van der Waals surface area contributed by atoms with E-state index in [1.165, 1.54) is 5.56 Å². The Morgan fingerprint density at radius 3 is 2.73 bits per heavy atom. The Morgan fingerprint density at radius 1 is 1.40 bits per heavy atom. The molecule has 0 bridgehead atoms.